The van der Waals surface area contributed by atoms with Gasteiger partial charge in [0.2, 0.25) is 0 Å². The average molecular weight is 323 g/mol. The second-order valence-electron chi connectivity index (χ2n) is 4.14. The molecule has 0 spiro atoms. The molecule has 19 heavy (non-hydrogen) atoms. The molecule has 0 radical (unpaired) electrons. The maximum atomic E-state index is 12.2. The molecule has 2 aromatic rings. The number of halogens is 1. The largest absolute Gasteiger partial charge is 0.383 e. The molecular formula is C14H15BrN2O2. The van der Waals surface area contributed by atoms with Crippen molar-refractivity contribution in [2.75, 3.05) is 20.3 Å². The van der Waals surface area contributed by atoms with E-state index in [2.05, 4.69) is 26.2 Å². The van der Waals surface area contributed by atoms with Crippen LogP contribution in [0.4, 0.5) is 0 Å². The van der Waals surface area contributed by atoms with Gasteiger partial charge in [0.15, 0.2) is 0 Å². The molecule has 0 saturated carbocycles. The second kappa shape index (κ2) is 6.63. The van der Waals surface area contributed by atoms with Crippen molar-refractivity contribution in [3.63, 3.8) is 0 Å². The number of alkyl halides is 1. The van der Waals surface area contributed by atoms with Gasteiger partial charge in [-0.2, -0.15) is 0 Å². The predicted octanol–water partition coefficient (Wildman–Crippen LogP) is 2.37. The van der Waals surface area contributed by atoms with E-state index in [1.807, 2.05) is 24.3 Å². The molecule has 0 fully saturated rings. The first-order valence-corrected chi connectivity index (χ1v) is 6.89. The highest BCUT2D eigenvalue weighted by molar-refractivity contribution is 9.09. The van der Waals surface area contributed by atoms with E-state index in [0.717, 1.165) is 10.9 Å². The molecule has 0 aliphatic carbocycles. The van der Waals surface area contributed by atoms with Crippen LogP contribution in [0, 0.1) is 0 Å². The maximum absolute atomic E-state index is 12.2. The Hall–Kier alpha value is -1.46. The summed E-state index contributed by atoms with van der Waals surface area (Å²) in [5.41, 5.74) is 1.32. The van der Waals surface area contributed by atoms with Crippen LogP contribution in [-0.4, -0.2) is 36.0 Å². The molecule has 5 heteroatoms. The number of nitrogens with zero attached hydrogens (tertiary/aromatic N) is 1. The van der Waals surface area contributed by atoms with Gasteiger partial charge in [0.25, 0.3) is 5.91 Å². The second-order valence-corrected chi connectivity index (χ2v) is 5.44. The first-order chi connectivity index (χ1) is 9.22. The fourth-order valence-corrected chi connectivity index (χ4v) is 2.25. The zero-order valence-electron chi connectivity index (χ0n) is 10.6. The Morgan fingerprint density at radius 2 is 2.21 bits per heavy atom. The normalized spacial score (nSPS) is 12.3. The molecule has 1 heterocycles. The molecule has 2 rings (SSSR count). The third-order valence-electron chi connectivity index (χ3n) is 2.71. The highest BCUT2D eigenvalue weighted by Gasteiger charge is 2.12. The number of rotatable bonds is 5. The van der Waals surface area contributed by atoms with Crippen molar-refractivity contribution in [1.82, 2.24) is 10.3 Å². The summed E-state index contributed by atoms with van der Waals surface area (Å²) in [4.78, 5) is 16.5. The Labute approximate surface area is 120 Å². The zero-order valence-corrected chi connectivity index (χ0v) is 12.2. The number of nitrogens with one attached hydrogen (secondary N) is 1. The lowest BCUT2D eigenvalue weighted by molar-refractivity contribution is 0.0951. The minimum atomic E-state index is -0.121. The first-order valence-electron chi connectivity index (χ1n) is 5.97. The van der Waals surface area contributed by atoms with Crippen molar-refractivity contribution < 1.29 is 9.53 Å². The molecule has 100 valence electrons. The number of hydrogen-bond donors (Lipinski definition) is 1. The lowest BCUT2D eigenvalue weighted by atomic mass is 10.1. The van der Waals surface area contributed by atoms with Crippen LogP contribution in [0.5, 0.6) is 0 Å². The number of fused-ring (bicyclic) bond motifs is 1. The van der Waals surface area contributed by atoms with Gasteiger partial charge < -0.3 is 10.1 Å². The van der Waals surface area contributed by atoms with E-state index in [0.29, 0.717) is 18.7 Å². The van der Waals surface area contributed by atoms with Crippen LogP contribution in [0.25, 0.3) is 10.9 Å². The van der Waals surface area contributed by atoms with E-state index >= 15 is 0 Å². The number of carbonyl (C=O) groups is 1. The van der Waals surface area contributed by atoms with Gasteiger partial charge in [0.05, 0.1) is 22.5 Å². The average Bonchev–Trinajstić information content (AvgIpc) is 2.44. The summed E-state index contributed by atoms with van der Waals surface area (Å²) >= 11 is 3.43. The Bertz CT molecular complexity index is 569. The summed E-state index contributed by atoms with van der Waals surface area (Å²) in [6, 6.07) is 9.38. The number of para-hydroxylation sites is 1. The lowest BCUT2D eigenvalue weighted by Crippen LogP contribution is -2.31. The van der Waals surface area contributed by atoms with Crippen LogP contribution in [0.1, 0.15) is 10.4 Å². The van der Waals surface area contributed by atoms with Gasteiger partial charge in [0, 0.05) is 25.2 Å². The van der Waals surface area contributed by atoms with Crippen LogP contribution in [0.2, 0.25) is 0 Å². The van der Waals surface area contributed by atoms with E-state index in [1.165, 1.54) is 0 Å². The highest BCUT2D eigenvalue weighted by Crippen LogP contribution is 2.15. The van der Waals surface area contributed by atoms with E-state index in [1.54, 1.807) is 19.4 Å². The van der Waals surface area contributed by atoms with Crippen molar-refractivity contribution >= 4 is 32.7 Å². The number of carbonyl (C=O) groups excluding carboxylic acids is 1. The van der Waals surface area contributed by atoms with Crippen LogP contribution in [-0.2, 0) is 4.74 Å². The van der Waals surface area contributed by atoms with Gasteiger partial charge in [-0.15, -0.1) is 0 Å². The molecular weight excluding hydrogens is 308 g/mol. The number of methoxy groups -OCH3 is 1. The van der Waals surface area contributed by atoms with Crippen molar-refractivity contribution in [1.29, 1.82) is 0 Å². The molecule has 0 bridgehead atoms. The summed E-state index contributed by atoms with van der Waals surface area (Å²) in [6.07, 6.45) is 1.69. The van der Waals surface area contributed by atoms with Gasteiger partial charge >= 0.3 is 0 Å². The van der Waals surface area contributed by atoms with Crippen LogP contribution in [0.15, 0.2) is 36.5 Å². The molecule has 4 nitrogen and oxygen atoms in total. The molecule has 1 N–H and O–H groups in total. The molecule has 1 atom stereocenters. The van der Waals surface area contributed by atoms with E-state index < -0.39 is 0 Å². The minimum Gasteiger partial charge on any atom is -0.383 e. The van der Waals surface area contributed by atoms with E-state index in [-0.39, 0.29) is 10.7 Å². The number of pyridine rings is 1. The molecule has 0 aliphatic heterocycles. The Kier molecular flexibility index (Phi) is 4.87. The number of benzene rings is 1. The molecule has 1 unspecified atom stereocenters. The molecule has 0 saturated heterocycles. The fraction of sp³-hybridized carbons (Fsp3) is 0.286. The van der Waals surface area contributed by atoms with Crippen molar-refractivity contribution in [2.45, 2.75) is 4.83 Å². The third-order valence-corrected chi connectivity index (χ3v) is 3.30. The summed E-state index contributed by atoms with van der Waals surface area (Å²) in [5, 5.41) is 3.83. The molecule has 1 aromatic heterocycles. The Balaban J connectivity index is 2.13. The van der Waals surface area contributed by atoms with Gasteiger partial charge in [-0.3, -0.25) is 9.78 Å². The lowest BCUT2D eigenvalue weighted by Gasteiger charge is -2.11. The number of hydrogen-bond acceptors (Lipinski definition) is 3. The van der Waals surface area contributed by atoms with Gasteiger partial charge in [-0.05, 0) is 12.1 Å². The fourth-order valence-electron chi connectivity index (χ4n) is 1.83. The van der Waals surface area contributed by atoms with Crippen molar-refractivity contribution in [3.05, 3.63) is 42.1 Å². The number of amides is 1. The van der Waals surface area contributed by atoms with Crippen LogP contribution in [0.3, 0.4) is 0 Å². The SMILES string of the molecule is COCC(Br)CNC(=O)c1cccc2cccnc12. The van der Waals surface area contributed by atoms with E-state index in [4.69, 9.17) is 4.74 Å². The summed E-state index contributed by atoms with van der Waals surface area (Å²) in [5.74, 6) is -0.121. The predicted molar refractivity (Wildman–Crippen MR) is 78.7 cm³/mol. The third kappa shape index (κ3) is 3.52. The summed E-state index contributed by atoms with van der Waals surface area (Å²) in [6.45, 7) is 1.06. The molecule has 1 aromatic carbocycles. The van der Waals surface area contributed by atoms with Crippen molar-refractivity contribution in [3.8, 4) is 0 Å². The van der Waals surface area contributed by atoms with Crippen LogP contribution >= 0.6 is 15.9 Å². The smallest absolute Gasteiger partial charge is 0.253 e. The summed E-state index contributed by atoms with van der Waals surface area (Å²) < 4.78 is 5.00. The van der Waals surface area contributed by atoms with E-state index in [9.17, 15) is 4.79 Å². The number of aromatic nitrogens is 1. The monoisotopic (exact) mass is 322 g/mol. The zero-order chi connectivity index (χ0) is 13.7. The van der Waals surface area contributed by atoms with Crippen molar-refractivity contribution in [2.24, 2.45) is 0 Å². The Morgan fingerprint density at radius 3 is 3.00 bits per heavy atom. The molecule has 0 aliphatic rings. The standard InChI is InChI=1S/C14H15BrN2O2/c1-19-9-11(15)8-17-14(18)12-6-2-4-10-5-3-7-16-13(10)12/h2-7,11H,8-9H2,1H3,(H,17,18). The first kappa shape index (κ1) is 14.0. The maximum Gasteiger partial charge on any atom is 0.253 e. The minimum absolute atomic E-state index is 0.101. The van der Waals surface area contributed by atoms with Gasteiger partial charge in [-0.25, -0.2) is 0 Å². The quantitative estimate of drug-likeness (QED) is 0.860. The summed E-state index contributed by atoms with van der Waals surface area (Å²) in [7, 11) is 1.63. The molecule has 1 amide bonds. The highest BCUT2D eigenvalue weighted by atomic mass is 79.9. The Morgan fingerprint density at radius 1 is 1.42 bits per heavy atom. The van der Waals surface area contributed by atoms with Gasteiger partial charge in [-0.1, -0.05) is 34.1 Å². The number of ether oxygens (including phenoxy) is 1. The van der Waals surface area contributed by atoms with Gasteiger partial charge in [0.1, 0.15) is 0 Å². The topological polar surface area (TPSA) is 51.2 Å². The van der Waals surface area contributed by atoms with Crippen LogP contribution < -0.4 is 5.32 Å².